The lowest BCUT2D eigenvalue weighted by Gasteiger charge is -2.11. The van der Waals surface area contributed by atoms with Crippen LogP contribution in [-0.2, 0) is 13.0 Å². The van der Waals surface area contributed by atoms with Gasteiger partial charge in [-0.05, 0) is 36.8 Å². The number of hydrogen-bond acceptors (Lipinski definition) is 7. The van der Waals surface area contributed by atoms with E-state index in [9.17, 15) is 4.79 Å². The molecule has 14 heteroatoms. The topological polar surface area (TPSA) is 132 Å². The molecule has 2 aromatic carbocycles. The second kappa shape index (κ2) is 11.1. The predicted molar refractivity (Wildman–Crippen MR) is 138 cm³/mol. The largest absolute Gasteiger partial charge is 0.351 e. The van der Waals surface area contributed by atoms with E-state index in [1.807, 2.05) is 12.1 Å². The second-order valence-electron chi connectivity index (χ2n) is 7.97. The Labute approximate surface area is 225 Å². The summed E-state index contributed by atoms with van der Waals surface area (Å²) in [6.07, 6.45) is 4.22. The fourth-order valence-electron chi connectivity index (χ4n) is 3.83. The summed E-state index contributed by atoms with van der Waals surface area (Å²) >= 11 is 18.9. The minimum Gasteiger partial charge on any atom is -0.351 e. The van der Waals surface area contributed by atoms with E-state index in [4.69, 9.17) is 39.9 Å². The summed E-state index contributed by atoms with van der Waals surface area (Å²) in [6, 6.07) is 12.3. The lowest BCUT2D eigenvalue weighted by Crippen LogP contribution is -2.27. The number of rotatable bonds is 9. The van der Waals surface area contributed by atoms with E-state index in [0.29, 0.717) is 57.3 Å². The third kappa shape index (κ3) is 5.63. The van der Waals surface area contributed by atoms with Gasteiger partial charge in [0.25, 0.3) is 5.91 Å². The highest BCUT2D eigenvalue weighted by Gasteiger charge is 2.27. The Kier molecular flexibility index (Phi) is 7.45. The predicted octanol–water partition coefficient (Wildman–Crippen LogP) is 4.02. The highest BCUT2D eigenvalue weighted by molar-refractivity contribution is 6.35. The van der Waals surface area contributed by atoms with Crippen LogP contribution in [0.15, 0.2) is 54.9 Å². The van der Waals surface area contributed by atoms with Crippen molar-refractivity contribution in [2.75, 3.05) is 6.54 Å². The van der Waals surface area contributed by atoms with Crippen molar-refractivity contribution in [1.82, 2.24) is 50.7 Å². The summed E-state index contributed by atoms with van der Waals surface area (Å²) < 4.78 is 3.32. The molecular formula is C23H19Cl3N10O. The third-order valence-corrected chi connectivity index (χ3v) is 6.29. The van der Waals surface area contributed by atoms with Gasteiger partial charge in [-0.3, -0.25) is 9.48 Å². The molecule has 37 heavy (non-hydrogen) atoms. The van der Waals surface area contributed by atoms with Gasteiger partial charge < -0.3 is 5.32 Å². The number of tetrazole rings is 1. The molecule has 0 atom stereocenters. The number of halogens is 3. The zero-order valence-corrected chi connectivity index (χ0v) is 21.4. The summed E-state index contributed by atoms with van der Waals surface area (Å²) in [5, 5.41) is 31.1. The summed E-state index contributed by atoms with van der Waals surface area (Å²) in [5.41, 5.74) is 2.77. The van der Waals surface area contributed by atoms with Crippen LogP contribution < -0.4 is 5.32 Å². The van der Waals surface area contributed by atoms with Crippen LogP contribution in [0.5, 0.6) is 0 Å². The Morgan fingerprint density at radius 3 is 2.57 bits per heavy atom. The Bertz CT molecular complexity index is 1500. The highest BCUT2D eigenvalue weighted by atomic mass is 35.5. The Balaban J connectivity index is 1.57. The number of hydrogen-bond donors (Lipinski definition) is 2. The number of aryl methyl sites for hydroxylation is 1. The molecule has 0 unspecified atom stereocenters. The molecule has 0 saturated heterocycles. The summed E-state index contributed by atoms with van der Waals surface area (Å²) in [4.78, 5) is 13.4. The summed E-state index contributed by atoms with van der Waals surface area (Å²) in [6.45, 7) is 1.02. The van der Waals surface area contributed by atoms with Crippen LogP contribution in [0.25, 0.3) is 16.9 Å². The van der Waals surface area contributed by atoms with E-state index in [2.05, 4.69) is 36.3 Å². The number of benzene rings is 2. The molecular weight excluding hydrogens is 539 g/mol. The zero-order chi connectivity index (χ0) is 25.8. The molecule has 5 aromatic rings. The minimum absolute atomic E-state index is 0.196. The normalized spacial score (nSPS) is 11.1. The van der Waals surface area contributed by atoms with Crippen LogP contribution in [0.2, 0.25) is 15.1 Å². The summed E-state index contributed by atoms with van der Waals surface area (Å²) in [5.74, 6) is 0.0494. The molecule has 2 N–H and O–H groups in total. The van der Waals surface area contributed by atoms with Crippen molar-refractivity contribution < 1.29 is 4.79 Å². The van der Waals surface area contributed by atoms with Crippen molar-refractivity contribution in [3.8, 4) is 16.9 Å². The maximum Gasteiger partial charge on any atom is 0.272 e. The van der Waals surface area contributed by atoms with E-state index in [1.165, 1.54) is 0 Å². The van der Waals surface area contributed by atoms with Crippen LogP contribution in [0.3, 0.4) is 0 Å². The average molecular weight is 558 g/mol. The fourth-order valence-corrected chi connectivity index (χ4v) is 4.44. The molecule has 0 fully saturated rings. The van der Waals surface area contributed by atoms with Crippen molar-refractivity contribution in [3.63, 3.8) is 0 Å². The number of aromatic nitrogens is 9. The molecule has 11 nitrogen and oxygen atoms in total. The lowest BCUT2D eigenvalue weighted by molar-refractivity contribution is 0.0946. The maximum absolute atomic E-state index is 13.4. The van der Waals surface area contributed by atoms with Crippen LogP contribution in [0, 0.1) is 0 Å². The van der Waals surface area contributed by atoms with Crippen molar-refractivity contribution >= 4 is 40.7 Å². The van der Waals surface area contributed by atoms with Crippen molar-refractivity contribution in [2.45, 2.75) is 19.4 Å². The van der Waals surface area contributed by atoms with E-state index >= 15 is 0 Å². The molecule has 1 amide bonds. The van der Waals surface area contributed by atoms with Crippen LogP contribution in [0.4, 0.5) is 0 Å². The number of nitrogens with one attached hydrogen (secondary N) is 2. The van der Waals surface area contributed by atoms with Crippen molar-refractivity contribution in [2.24, 2.45) is 0 Å². The van der Waals surface area contributed by atoms with Gasteiger partial charge in [0.15, 0.2) is 11.5 Å². The average Bonchev–Trinajstić information content (AvgIpc) is 3.65. The Morgan fingerprint density at radius 1 is 1.05 bits per heavy atom. The van der Waals surface area contributed by atoms with Gasteiger partial charge in [-0.1, -0.05) is 57.4 Å². The number of carbonyl (C=O) groups is 1. The van der Waals surface area contributed by atoms with Gasteiger partial charge in [0.05, 0.1) is 22.6 Å². The van der Waals surface area contributed by atoms with Crippen LogP contribution >= 0.6 is 34.8 Å². The molecule has 0 aliphatic rings. The molecule has 5 rings (SSSR count). The number of amides is 1. The summed E-state index contributed by atoms with van der Waals surface area (Å²) in [7, 11) is 0. The van der Waals surface area contributed by atoms with Crippen LogP contribution in [0.1, 0.15) is 28.3 Å². The minimum atomic E-state index is -0.351. The molecule has 188 valence electrons. The fraction of sp³-hybridized carbons (Fsp3) is 0.174. The molecule has 0 aliphatic carbocycles. The number of aromatic amines is 1. The van der Waals surface area contributed by atoms with E-state index < -0.39 is 0 Å². The first-order valence-corrected chi connectivity index (χ1v) is 12.3. The highest BCUT2D eigenvalue weighted by Crippen LogP contribution is 2.34. The van der Waals surface area contributed by atoms with Gasteiger partial charge in [-0.25, -0.2) is 4.68 Å². The smallest absolute Gasteiger partial charge is 0.272 e. The standard InChI is InChI=1S/C23H19Cl3N10O/c24-15-4-2-14(3-5-15)22-17(13-20-29-32-33-30-20)21(23(37)27-8-1-10-35-11-9-28-34-35)31-36(22)19-7-6-16(25)12-18(19)26/h2-7,9,11-12H,1,8,10,13H2,(H,27,37)(H,29,30,32,33). The molecule has 3 heterocycles. The van der Waals surface area contributed by atoms with Gasteiger partial charge in [-0.15, -0.1) is 15.3 Å². The quantitative estimate of drug-likeness (QED) is 0.262. The molecule has 0 saturated carbocycles. The van der Waals surface area contributed by atoms with Crippen molar-refractivity contribution in [1.29, 1.82) is 0 Å². The molecule has 0 radical (unpaired) electrons. The third-order valence-electron chi connectivity index (χ3n) is 5.50. The number of H-pyrrole nitrogens is 1. The maximum atomic E-state index is 13.4. The van der Waals surface area contributed by atoms with Crippen molar-refractivity contribution in [3.05, 3.63) is 87.0 Å². The molecule has 0 aliphatic heterocycles. The molecule has 0 spiro atoms. The van der Waals surface area contributed by atoms with Gasteiger partial charge in [0.1, 0.15) is 0 Å². The zero-order valence-electron chi connectivity index (χ0n) is 19.1. The first-order chi connectivity index (χ1) is 18.0. The lowest BCUT2D eigenvalue weighted by atomic mass is 10.0. The monoisotopic (exact) mass is 556 g/mol. The number of nitrogens with zero attached hydrogens (tertiary/aromatic N) is 8. The van der Waals surface area contributed by atoms with Crippen LogP contribution in [-0.4, -0.2) is 57.9 Å². The second-order valence-corrected chi connectivity index (χ2v) is 9.25. The van der Waals surface area contributed by atoms with E-state index in [0.717, 1.165) is 5.56 Å². The van der Waals surface area contributed by atoms with E-state index in [1.54, 1.807) is 52.1 Å². The van der Waals surface area contributed by atoms with Gasteiger partial charge in [0, 0.05) is 46.9 Å². The molecule has 0 bridgehead atoms. The number of carbonyl (C=O) groups excluding carboxylic acids is 1. The van der Waals surface area contributed by atoms with Gasteiger partial charge in [0.2, 0.25) is 0 Å². The first-order valence-electron chi connectivity index (χ1n) is 11.2. The first kappa shape index (κ1) is 24.9. The Hall–Kier alpha value is -3.80. The van der Waals surface area contributed by atoms with Gasteiger partial charge >= 0.3 is 0 Å². The van der Waals surface area contributed by atoms with E-state index in [-0.39, 0.29) is 18.0 Å². The Morgan fingerprint density at radius 2 is 1.86 bits per heavy atom. The molecule has 3 aromatic heterocycles. The SMILES string of the molecule is O=C(NCCCn1ccnn1)c1nn(-c2ccc(Cl)cc2Cl)c(-c2ccc(Cl)cc2)c1Cc1nn[nH]n1. The van der Waals surface area contributed by atoms with Gasteiger partial charge in [-0.2, -0.15) is 10.3 Å².